The lowest BCUT2D eigenvalue weighted by Gasteiger charge is -2.23. The van der Waals surface area contributed by atoms with Crippen LogP contribution in [0.5, 0.6) is 0 Å². The van der Waals surface area contributed by atoms with Gasteiger partial charge >= 0.3 is 8.80 Å². The Morgan fingerprint density at radius 2 is 1.44 bits per heavy atom. The van der Waals surface area contributed by atoms with Gasteiger partial charge in [-0.1, -0.05) is 24.4 Å². The first kappa shape index (κ1) is 22.0. The summed E-state index contributed by atoms with van der Waals surface area (Å²) in [6.45, 7) is 0. The molecule has 0 unspecified atom stereocenters. The number of hydrogen-bond acceptors (Lipinski definition) is 6. The zero-order valence-electron chi connectivity index (χ0n) is 10.4. The van der Waals surface area contributed by atoms with Crippen molar-refractivity contribution in [3.63, 3.8) is 0 Å². The van der Waals surface area contributed by atoms with E-state index in [4.69, 9.17) is 25.5 Å². The van der Waals surface area contributed by atoms with Crippen molar-refractivity contribution in [2.75, 3.05) is 27.1 Å². The minimum atomic E-state index is -2.37. The molecule has 0 bridgehead atoms. The van der Waals surface area contributed by atoms with Gasteiger partial charge in [0.1, 0.15) is 3.53 Å². The van der Waals surface area contributed by atoms with E-state index in [-0.39, 0.29) is 0 Å². The third kappa shape index (κ3) is 14.1. The second-order valence-corrected chi connectivity index (χ2v) is 11.0. The molecule has 0 radical (unpaired) electrons. The maximum atomic E-state index is 5.28. The second kappa shape index (κ2) is 13.7. The van der Waals surface area contributed by atoms with E-state index in [0.29, 0.717) is 7.06 Å². The summed E-state index contributed by atoms with van der Waals surface area (Å²) in [6.07, 6.45) is 0.951. The molecular weight excluding hydrogens is 365 g/mol. The van der Waals surface area contributed by atoms with Gasteiger partial charge in [0.25, 0.3) is 0 Å². The molecule has 3 nitrogen and oxygen atoms in total. The number of thiol groups is 3. The first-order valence-electron chi connectivity index (χ1n) is 4.76. The van der Waals surface area contributed by atoms with Gasteiger partial charge in [-0.2, -0.15) is 0 Å². The van der Waals surface area contributed by atoms with E-state index >= 15 is 0 Å². The molecule has 0 heterocycles. The molecule has 0 aromatic carbocycles. The fraction of sp³-hybridized carbons (Fsp3) is 0.750. The highest BCUT2D eigenvalue weighted by Gasteiger charge is 2.36. The Kier molecular flexibility index (Phi) is 16.7. The molecule has 0 saturated carbocycles. The molecule has 0 spiro atoms. The van der Waals surface area contributed by atoms with E-state index in [2.05, 4.69) is 50.1 Å². The molecule has 0 fully saturated rings. The summed E-state index contributed by atoms with van der Waals surface area (Å²) in [5, 5.41) is 0. The summed E-state index contributed by atoms with van der Waals surface area (Å²) >= 11 is 21.8. The van der Waals surface area contributed by atoms with Crippen molar-refractivity contribution in [3.05, 3.63) is 0 Å². The molecule has 18 heavy (non-hydrogen) atoms. The molecule has 0 atom stereocenters. The van der Waals surface area contributed by atoms with Crippen LogP contribution >= 0.6 is 74.1 Å². The summed E-state index contributed by atoms with van der Waals surface area (Å²) in [6, 6.07) is 0.805. The van der Waals surface area contributed by atoms with Crippen LogP contribution in [0, 0.1) is 0 Å². The van der Waals surface area contributed by atoms with E-state index in [0.717, 1.165) is 18.2 Å². The maximum absolute atomic E-state index is 5.28. The zero-order valence-corrected chi connectivity index (χ0v) is 16.5. The van der Waals surface area contributed by atoms with Crippen molar-refractivity contribution in [2.24, 2.45) is 0 Å². The molecule has 0 N–H and O–H groups in total. The van der Waals surface area contributed by atoms with E-state index < -0.39 is 8.80 Å². The quantitative estimate of drug-likeness (QED) is 0.271. The fourth-order valence-corrected chi connectivity index (χ4v) is 3.97. The molecule has 0 saturated heterocycles. The lowest BCUT2D eigenvalue weighted by atomic mass is 10.6. The molecular formula is C8H18O3S6Si. The Bertz CT molecular complexity index is 237. The molecule has 0 aliphatic rings. The van der Waals surface area contributed by atoms with Crippen LogP contribution in [0.2, 0.25) is 6.04 Å². The Hall–Kier alpha value is 1.68. The topological polar surface area (TPSA) is 27.7 Å². The highest BCUT2D eigenvalue weighted by Crippen LogP contribution is 2.18. The minimum absolute atomic E-state index is 0.389. The molecule has 0 aliphatic heterocycles. The van der Waals surface area contributed by atoms with Gasteiger partial charge in [0.2, 0.25) is 0 Å². The highest BCUT2D eigenvalue weighted by atomic mass is 32.2. The minimum Gasteiger partial charge on any atom is -0.377 e. The van der Waals surface area contributed by atoms with Crippen LogP contribution in [-0.2, 0) is 13.3 Å². The zero-order chi connectivity index (χ0) is 14.6. The number of thioether (sulfide) groups is 1. The summed E-state index contributed by atoms with van der Waals surface area (Å²) < 4.78 is 16.9. The second-order valence-electron chi connectivity index (χ2n) is 2.80. The average molecular weight is 383 g/mol. The van der Waals surface area contributed by atoms with Crippen LogP contribution in [0.1, 0.15) is 6.42 Å². The molecule has 0 amide bonds. The Balaban J connectivity index is 0. The normalized spacial score (nSPS) is 10.6. The number of thiocarbonyl (C=S) groups is 2. The summed E-state index contributed by atoms with van der Waals surface area (Å²) in [4.78, 5) is 0. The number of hydrogen-bond donors (Lipinski definition) is 3. The third-order valence-electron chi connectivity index (χ3n) is 1.79. The fourth-order valence-electron chi connectivity index (χ4n) is 1.00. The van der Waals surface area contributed by atoms with Gasteiger partial charge in [-0.05, 0) is 12.2 Å². The summed E-state index contributed by atoms with van der Waals surface area (Å²) in [7, 11) is 2.49. The van der Waals surface area contributed by atoms with Gasteiger partial charge in [-0.25, -0.2) is 0 Å². The van der Waals surface area contributed by atoms with Gasteiger partial charge in [-0.3, -0.25) is 0 Å². The van der Waals surface area contributed by atoms with Crippen molar-refractivity contribution in [2.45, 2.75) is 12.5 Å². The van der Waals surface area contributed by atoms with Crippen molar-refractivity contribution in [1.29, 1.82) is 0 Å². The number of rotatable bonds is 7. The standard InChI is InChI=1S/C7H16O3S3Si.CH2S3/c1-8-14(9-2,10-3)6-4-5-13-7(11)12;2-1(3)4/h4-6H2,1-3H3,(H,11,12);(H2,2,3,4). The van der Waals surface area contributed by atoms with Gasteiger partial charge in [0.05, 0.1) is 3.53 Å². The molecule has 0 aromatic heterocycles. The first-order valence-corrected chi connectivity index (χ1v) is 9.84. The lowest BCUT2D eigenvalue weighted by molar-refractivity contribution is 0.123. The SMILES string of the molecule is CO[Si](CCCSC(=S)S)(OC)OC.S=C(S)S. The highest BCUT2D eigenvalue weighted by molar-refractivity contribution is 8.41. The average Bonchev–Trinajstić information content (AvgIpc) is 2.29. The van der Waals surface area contributed by atoms with Crippen LogP contribution in [-0.4, -0.2) is 42.9 Å². The third-order valence-corrected chi connectivity index (χ3v) is 6.10. The molecule has 0 aromatic rings. The smallest absolute Gasteiger partial charge is 0.377 e. The van der Waals surface area contributed by atoms with Crippen molar-refractivity contribution in [1.82, 2.24) is 0 Å². The summed E-state index contributed by atoms with van der Waals surface area (Å²) in [5.74, 6) is 0.924. The Morgan fingerprint density at radius 1 is 1.06 bits per heavy atom. The molecule has 10 heteroatoms. The lowest BCUT2D eigenvalue weighted by Crippen LogP contribution is -2.42. The Labute approximate surface area is 142 Å². The van der Waals surface area contributed by atoms with Crippen LogP contribution < -0.4 is 0 Å². The van der Waals surface area contributed by atoms with E-state index in [1.165, 1.54) is 0 Å². The largest absolute Gasteiger partial charge is 0.500 e. The van der Waals surface area contributed by atoms with Crippen LogP contribution in [0.25, 0.3) is 0 Å². The van der Waals surface area contributed by atoms with Crippen molar-refractivity contribution >= 4 is 89.9 Å². The van der Waals surface area contributed by atoms with Gasteiger partial charge in [-0.15, -0.1) is 49.6 Å². The van der Waals surface area contributed by atoms with Crippen molar-refractivity contribution in [3.8, 4) is 0 Å². The first-order chi connectivity index (χ1) is 8.33. The predicted octanol–water partition coefficient (Wildman–Crippen LogP) is 3.33. The maximum Gasteiger partial charge on any atom is 0.500 e. The van der Waals surface area contributed by atoms with E-state index in [1.807, 2.05) is 0 Å². The predicted molar refractivity (Wildman–Crippen MR) is 101 cm³/mol. The van der Waals surface area contributed by atoms with E-state index in [9.17, 15) is 0 Å². The summed E-state index contributed by atoms with van der Waals surface area (Å²) in [5.41, 5.74) is 0. The van der Waals surface area contributed by atoms with Crippen LogP contribution in [0.15, 0.2) is 0 Å². The Morgan fingerprint density at radius 3 is 1.72 bits per heavy atom. The van der Waals surface area contributed by atoms with Crippen molar-refractivity contribution < 1.29 is 13.3 Å². The van der Waals surface area contributed by atoms with Crippen LogP contribution in [0.3, 0.4) is 0 Å². The van der Waals surface area contributed by atoms with E-state index in [1.54, 1.807) is 33.1 Å². The molecule has 0 rings (SSSR count). The molecule has 108 valence electrons. The van der Waals surface area contributed by atoms with Crippen LogP contribution in [0.4, 0.5) is 0 Å². The van der Waals surface area contributed by atoms with Gasteiger partial charge in [0, 0.05) is 27.4 Å². The monoisotopic (exact) mass is 382 g/mol. The van der Waals surface area contributed by atoms with Gasteiger partial charge < -0.3 is 13.3 Å². The molecule has 0 aliphatic carbocycles. The van der Waals surface area contributed by atoms with Gasteiger partial charge in [0.15, 0.2) is 0 Å².